The Morgan fingerprint density at radius 3 is 2.85 bits per heavy atom. The molecule has 7 heteroatoms. The molecule has 110 valence electrons. The maximum atomic E-state index is 12.1. The van der Waals surface area contributed by atoms with E-state index in [1.165, 1.54) is 6.33 Å². The maximum absolute atomic E-state index is 12.1. The lowest BCUT2D eigenvalue weighted by Gasteiger charge is -2.15. The van der Waals surface area contributed by atoms with Gasteiger partial charge in [-0.1, -0.05) is 6.92 Å². The summed E-state index contributed by atoms with van der Waals surface area (Å²) in [7, 11) is 0. The smallest absolute Gasteiger partial charge is 0.307 e. The van der Waals surface area contributed by atoms with Crippen molar-refractivity contribution in [2.45, 2.75) is 32.6 Å². The van der Waals surface area contributed by atoms with Crippen molar-refractivity contribution in [2.75, 3.05) is 6.54 Å². The third-order valence-electron chi connectivity index (χ3n) is 3.81. The number of aryl methyl sites for hydroxylation is 1. The molecule has 20 heavy (non-hydrogen) atoms. The molecule has 0 bridgehead atoms. The van der Waals surface area contributed by atoms with Crippen LogP contribution in [0.2, 0.25) is 0 Å². The molecule has 1 aliphatic rings. The zero-order valence-corrected chi connectivity index (χ0v) is 11.5. The number of H-pyrrole nitrogens is 1. The van der Waals surface area contributed by atoms with Crippen LogP contribution in [0.15, 0.2) is 6.33 Å². The summed E-state index contributed by atoms with van der Waals surface area (Å²) in [5, 5.41) is 18.5. The van der Waals surface area contributed by atoms with E-state index < -0.39 is 17.8 Å². The van der Waals surface area contributed by atoms with Gasteiger partial charge in [0, 0.05) is 13.0 Å². The van der Waals surface area contributed by atoms with Crippen molar-refractivity contribution in [3.05, 3.63) is 12.2 Å². The zero-order chi connectivity index (χ0) is 14.5. The van der Waals surface area contributed by atoms with Crippen LogP contribution in [0.25, 0.3) is 0 Å². The highest BCUT2D eigenvalue weighted by molar-refractivity contribution is 5.85. The summed E-state index contributed by atoms with van der Waals surface area (Å²) in [4.78, 5) is 27.2. The second kappa shape index (κ2) is 6.49. The van der Waals surface area contributed by atoms with Crippen LogP contribution < -0.4 is 5.32 Å². The lowest BCUT2D eigenvalue weighted by molar-refractivity contribution is -0.146. The summed E-state index contributed by atoms with van der Waals surface area (Å²) in [5.74, 6) is -0.860. The molecule has 1 amide bonds. The van der Waals surface area contributed by atoms with Crippen molar-refractivity contribution >= 4 is 11.9 Å². The fraction of sp³-hybridized carbons (Fsp3) is 0.692. The monoisotopic (exact) mass is 280 g/mol. The summed E-state index contributed by atoms with van der Waals surface area (Å²) < 4.78 is 0. The summed E-state index contributed by atoms with van der Waals surface area (Å²) >= 11 is 0. The van der Waals surface area contributed by atoms with Crippen LogP contribution in [0.4, 0.5) is 0 Å². The molecule has 0 aromatic carbocycles. The Bertz CT molecular complexity index is 460. The topological polar surface area (TPSA) is 108 Å². The molecule has 1 saturated carbocycles. The normalized spacial score (nSPS) is 25.6. The number of carboxylic acid groups (broad SMARTS) is 1. The molecule has 7 nitrogen and oxygen atoms in total. The number of rotatable bonds is 6. The quantitative estimate of drug-likeness (QED) is 0.661. The molecule has 0 radical (unpaired) electrons. The Balaban J connectivity index is 1.75. The summed E-state index contributed by atoms with van der Waals surface area (Å²) in [6, 6.07) is 0. The van der Waals surface area contributed by atoms with Gasteiger partial charge in [-0.15, -0.1) is 0 Å². The van der Waals surface area contributed by atoms with Crippen LogP contribution in [0.1, 0.15) is 32.0 Å². The van der Waals surface area contributed by atoms with Crippen molar-refractivity contribution < 1.29 is 14.7 Å². The highest BCUT2D eigenvalue weighted by Gasteiger charge is 2.40. The lowest BCUT2D eigenvalue weighted by atomic mass is 9.95. The second-order valence-corrected chi connectivity index (χ2v) is 5.45. The van der Waals surface area contributed by atoms with Crippen LogP contribution in [0.5, 0.6) is 0 Å². The molecule has 1 aliphatic carbocycles. The minimum absolute atomic E-state index is 0.140. The number of carbonyl (C=O) groups excluding carboxylic acids is 1. The first kappa shape index (κ1) is 14.5. The number of carboxylic acids is 1. The predicted molar refractivity (Wildman–Crippen MR) is 70.7 cm³/mol. The zero-order valence-electron chi connectivity index (χ0n) is 11.5. The maximum Gasteiger partial charge on any atom is 0.307 e. The van der Waals surface area contributed by atoms with Gasteiger partial charge in [0.1, 0.15) is 12.2 Å². The van der Waals surface area contributed by atoms with Crippen LogP contribution in [-0.2, 0) is 16.0 Å². The first-order valence-electron chi connectivity index (χ1n) is 6.92. The third-order valence-corrected chi connectivity index (χ3v) is 3.81. The highest BCUT2D eigenvalue weighted by atomic mass is 16.4. The number of carbonyl (C=O) groups is 2. The summed E-state index contributed by atoms with van der Waals surface area (Å²) in [6.45, 7) is 2.52. The van der Waals surface area contributed by atoms with Crippen LogP contribution in [0, 0.1) is 17.8 Å². The fourth-order valence-electron chi connectivity index (χ4n) is 2.80. The largest absolute Gasteiger partial charge is 0.481 e. The Morgan fingerprint density at radius 2 is 2.20 bits per heavy atom. The van der Waals surface area contributed by atoms with E-state index in [0.717, 1.165) is 12.2 Å². The number of nitrogens with zero attached hydrogens (tertiary/aromatic N) is 2. The van der Waals surface area contributed by atoms with Gasteiger partial charge in [0.2, 0.25) is 5.91 Å². The summed E-state index contributed by atoms with van der Waals surface area (Å²) in [6.07, 6.45) is 4.16. The van der Waals surface area contributed by atoms with Crippen molar-refractivity contribution in [2.24, 2.45) is 17.8 Å². The minimum atomic E-state index is -0.865. The van der Waals surface area contributed by atoms with Crippen LogP contribution in [-0.4, -0.2) is 38.7 Å². The molecule has 1 fully saturated rings. The first-order valence-corrected chi connectivity index (χ1v) is 6.92. The van der Waals surface area contributed by atoms with Crippen LogP contribution in [0.3, 0.4) is 0 Å². The molecule has 1 heterocycles. The molecule has 1 aromatic rings. The van der Waals surface area contributed by atoms with Gasteiger partial charge in [0.05, 0.1) is 11.8 Å². The van der Waals surface area contributed by atoms with Crippen molar-refractivity contribution in [3.8, 4) is 0 Å². The molecule has 0 spiro atoms. The minimum Gasteiger partial charge on any atom is -0.481 e. The van der Waals surface area contributed by atoms with Crippen molar-refractivity contribution in [1.29, 1.82) is 0 Å². The van der Waals surface area contributed by atoms with E-state index in [9.17, 15) is 9.59 Å². The van der Waals surface area contributed by atoms with Gasteiger partial charge in [0.25, 0.3) is 0 Å². The van der Waals surface area contributed by atoms with Gasteiger partial charge >= 0.3 is 5.97 Å². The molecule has 1 aromatic heterocycles. The number of amides is 1. The van der Waals surface area contributed by atoms with E-state index in [2.05, 4.69) is 20.5 Å². The van der Waals surface area contributed by atoms with E-state index in [4.69, 9.17) is 5.11 Å². The molecule has 2 rings (SSSR count). The van der Waals surface area contributed by atoms with E-state index in [1.807, 2.05) is 6.92 Å². The molecule has 0 aliphatic heterocycles. The van der Waals surface area contributed by atoms with E-state index in [-0.39, 0.29) is 5.91 Å². The van der Waals surface area contributed by atoms with Crippen LogP contribution >= 0.6 is 0 Å². The Labute approximate surface area is 117 Å². The van der Waals surface area contributed by atoms with E-state index in [1.54, 1.807) is 0 Å². The number of aliphatic carboxylic acids is 1. The molecular formula is C13H20N4O3. The van der Waals surface area contributed by atoms with Gasteiger partial charge in [-0.3, -0.25) is 14.7 Å². The first-order chi connectivity index (χ1) is 9.58. The molecule has 3 atom stereocenters. The van der Waals surface area contributed by atoms with Crippen molar-refractivity contribution in [3.63, 3.8) is 0 Å². The molecule has 1 unspecified atom stereocenters. The Morgan fingerprint density at radius 1 is 1.45 bits per heavy atom. The number of hydrogen-bond donors (Lipinski definition) is 3. The standard InChI is InChI=1S/C13H20N4O3/c1-8-5-9(10(6-8)13(19)20)12(18)14-4-2-3-11-15-7-16-17-11/h7-10H,2-6H2,1H3,(H,14,18)(H,19,20)(H,15,16,17)/t8?,9-,10+/m0/s1. The van der Waals surface area contributed by atoms with Gasteiger partial charge in [-0.25, -0.2) is 4.98 Å². The molecule has 0 saturated heterocycles. The predicted octanol–water partition coefficient (Wildman–Crippen LogP) is 0.600. The fourth-order valence-corrected chi connectivity index (χ4v) is 2.80. The van der Waals surface area contributed by atoms with E-state index in [0.29, 0.717) is 31.7 Å². The molecular weight excluding hydrogens is 260 g/mol. The van der Waals surface area contributed by atoms with E-state index >= 15 is 0 Å². The average Bonchev–Trinajstić information content (AvgIpc) is 3.03. The Hall–Kier alpha value is -1.92. The van der Waals surface area contributed by atoms with Gasteiger partial charge in [-0.2, -0.15) is 5.10 Å². The number of aromatic amines is 1. The number of nitrogens with one attached hydrogen (secondary N) is 2. The average molecular weight is 280 g/mol. The SMILES string of the molecule is CC1C[C@H](C(=O)NCCCc2ncn[nH]2)[C@H](C(=O)O)C1. The van der Waals surface area contributed by atoms with Gasteiger partial charge < -0.3 is 10.4 Å². The van der Waals surface area contributed by atoms with Crippen molar-refractivity contribution in [1.82, 2.24) is 20.5 Å². The summed E-state index contributed by atoms with van der Waals surface area (Å²) in [5.41, 5.74) is 0. The lowest BCUT2D eigenvalue weighted by Crippen LogP contribution is -2.35. The number of aromatic nitrogens is 3. The third kappa shape index (κ3) is 3.55. The second-order valence-electron chi connectivity index (χ2n) is 5.45. The van der Waals surface area contributed by atoms with Gasteiger partial charge in [0.15, 0.2) is 0 Å². The number of hydrogen-bond acceptors (Lipinski definition) is 4. The Kier molecular flexibility index (Phi) is 4.70. The molecule has 3 N–H and O–H groups in total. The highest BCUT2D eigenvalue weighted by Crippen LogP contribution is 2.36. The van der Waals surface area contributed by atoms with Gasteiger partial charge in [-0.05, 0) is 25.2 Å².